The van der Waals surface area contributed by atoms with Crippen LogP contribution in [0.15, 0.2) is 106 Å². The van der Waals surface area contributed by atoms with Gasteiger partial charge in [0.25, 0.3) is 5.84 Å². The van der Waals surface area contributed by atoms with Crippen molar-refractivity contribution in [1.82, 2.24) is 0 Å². The highest BCUT2D eigenvalue weighted by molar-refractivity contribution is 14.1. The molecule has 0 radical (unpaired) electrons. The van der Waals surface area contributed by atoms with Crippen molar-refractivity contribution in [3.05, 3.63) is 108 Å². The Balaban J connectivity index is 2.04. The van der Waals surface area contributed by atoms with E-state index in [9.17, 15) is 4.79 Å². The number of aliphatic imine (C=N–C) groups is 1. The van der Waals surface area contributed by atoms with Gasteiger partial charge in [-0.2, -0.15) is 0 Å². The SMILES string of the molecule is CCOC(=O)C1=NC(I)(C(c2ccccc2)(c2ccccc2)c2ccccc2)N=N1. The Bertz CT molecular complexity index is 989. The summed E-state index contributed by atoms with van der Waals surface area (Å²) in [5.41, 5.74) is 2.20. The molecule has 0 spiro atoms. The van der Waals surface area contributed by atoms with Gasteiger partial charge in [-0.1, -0.05) is 91.0 Å². The first-order valence-corrected chi connectivity index (χ1v) is 10.7. The second-order valence-electron chi connectivity index (χ2n) is 6.79. The van der Waals surface area contributed by atoms with Crippen molar-refractivity contribution in [1.29, 1.82) is 0 Å². The van der Waals surface area contributed by atoms with Crippen LogP contribution in [0.3, 0.4) is 0 Å². The fraction of sp³-hybridized carbons (Fsp3) is 0.167. The molecule has 1 aliphatic heterocycles. The number of rotatable bonds is 6. The molecule has 1 heterocycles. The van der Waals surface area contributed by atoms with Crippen LogP contribution in [0, 0.1) is 0 Å². The minimum absolute atomic E-state index is 0.0154. The molecule has 150 valence electrons. The Morgan fingerprint density at radius 2 is 1.30 bits per heavy atom. The quantitative estimate of drug-likeness (QED) is 0.144. The van der Waals surface area contributed by atoms with Crippen molar-refractivity contribution < 1.29 is 9.53 Å². The van der Waals surface area contributed by atoms with Gasteiger partial charge in [0, 0.05) is 0 Å². The van der Waals surface area contributed by atoms with Crippen LogP contribution in [-0.2, 0) is 14.9 Å². The molecule has 30 heavy (non-hydrogen) atoms. The number of ether oxygens (including phenoxy) is 1. The first kappa shape index (κ1) is 20.4. The number of hydrogen-bond acceptors (Lipinski definition) is 5. The van der Waals surface area contributed by atoms with Crippen LogP contribution in [0.1, 0.15) is 23.6 Å². The molecular weight excluding hydrogens is 489 g/mol. The summed E-state index contributed by atoms with van der Waals surface area (Å²) in [5.74, 6) is -0.582. The highest BCUT2D eigenvalue weighted by Crippen LogP contribution is 2.54. The summed E-state index contributed by atoms with van der Waals surface area (Å²) in [6, 6.07) is 30.3. The number of halogens is 1. The topological polar surface area (TPSA) is 63.4 Å². The van der Waals surface area contributed by atoms with Crippen LogP contribution in [0.2, 0.25) is 0 Å². The van der Waals surface area contributed by atoms with E-state index in [1.165, 1.54) is 0 Å². The molecule has 3 aromatic carbocycles. The molecule has 1 aliphatic rings. The molecule has 1 atom stereocenters. The summed E-state index contributed by atoms with van der Waals surface area (Å²) in [6.07, 6.45) is 0. The molecule has 0 saturated carbocycles. The van der Waals surface area contributed by atoms with Crippen LogP contribution in [0.4, 0.5) is 0 Å². The highest BCUT2D eigenvalue weighted by atomic mass is 127. The maximum absolute atomic E-state index is 12.4. The van der Waals surface area contributed by atoms with E-state index in [0.717, 1.165) is 16.7 Å². The lowest BCUT2D eigenvalue weighted by atomic mass is 9.67. The van der Waals surface area contributed by atoms with Crippen LogP contribution < -0.4 is 0 Å². The van der Waals surface area contributed by atoms with Gasteiger partial charge in [-0.05, 0) is 46.2 Å². The molecule has 0 amide bonds. The number of azo groups is 1. The Hall–Kier alpha value is -2.87. The molecule has 0 fully saturated rings. The fourth-order valence-corrected chi connectivity index (χ4v) is 5.13. The van der Waals surface area contributed by atoms with Gasteiger partial charge in [-0.3, -0.25) is 0 Å². The van der Waals surface area contributed by atoms with Gasteiger partial charge in [0.1, 0.15) is 5.41 Å². The number of benzene rings is 3. The van der Waals surface area contributed by atoms with E-state index < -0.39 is 15.1 Å². The van der Waals surface area contributed by atoms with E-state index in [2.05, 4.69) is 69.2 Å². The van der Waals surface area contributed by atoms with Gasteiger partial charge in [0.2, 0.25) is 3.67 Å². The lowest BCUT2D eigenvalue weighted by Crippen LogP contribution is -2.46. The minimum Gasteiger partial charge on any atom is -0.460 e. The van der Waals surface area contributed by atoms with Crippen molar-refractivity contribution in [2.24, 2.45) is 15.2 Å². The van der Waals surface area contributed by atoms with E-state index in [4.69, 9.17) is 9.73 Å². The number of alkyl halides is 1. The number of esters is 1. The Morgan fingerprint density at radius 1 is 0.867 bits per heavy atom. The molecule has 5 nitrogen and oxygen atoms in total. The third-order valence-electron chi connectivity index (χ3n) is 5.09. The van der Waals surface area contributed by atoms with Crippen LogP contribution in [0.5, 0.6) is 0 Å². The predicted molar refractivity (Wildman–Crippen MR) is 125 cm³/mol. The number of amidine groups is 1. The largest absolute Gasteiger partial charge is 0.460 e. The van der Waals surface area contributed by atoms with Crippen LogP contribution in [0.25, 0.3) is 0 Å². The summed E-state index contributed by atoms with van der Waals surface area (Å²) in [5, 5.41) is 8.70. The average molecular weight is 509 g/mol. The summed E-state index contributed by atoms with van der Waals surface area (Å²) in [4.78, 5) is 17.1. The monoisotopic (exact) mass is 509 g/mol. The van der Waals surface area contributed by atoms with Gasteiger partial charge in [0.15, 0.2) is 0 Å². The standard InChI is InChI=1S/C24H20IN3O2/c1-2-30-22(29)21-26-24(25,28-27-21)23(18-12-6-3-7-13-18,19-14-8-4-9-15-19)20-16-10-5-11-17-20/h3-17H,2H2,1H3. The number of carbonyl (C=O) groups excluding carboxylic acids is 1. The van der Waals surface area contributed by atoms with Crippen LogP contribution >= 0.6 is 22.6 Å². The predicted octanol–water partition coefficient (Wildman–Crippen LogP) is 5.54. The summed E-state index contributed by atoms with van der Waals surface area (Å²) in [6.45, 7) is 2.01. The molecule has 0 saturated heterocycles. The lowest BCUT2D eigenvalue weighted by molar-refractivity contribution is -0.135. The highest BCUT2D eigenvalue weighted by Gasteiger charge is 2.57. The zero-order chi connectivity index (χ0) is 21.0. The van der Waals surface area contributed by atoms with Gasteiger partial charge < -0.3 is 4.74 Å². The molecule has 1 unspecified atom stereocenters. The van der Waals surface area contributed by atoms with Crippen molar-refractivity contribution in [2.75, 3.05) is 6.61 Å². The third-order valence-corrected chi connectivity index (χ3v) is 6.35. The van der Waals surface area contributed by atoms with E-state index in [1.54, 1.807) is 6.92 Å². The maximum Gasteiger partial charge on any atom is 0.377 e. The minimum atomic E-state index is -1.11. The van der Waals surface area contributed by atoms with Crippen LogP contribution in [-0.4, -0.2) is 22.1 Å². The number of hydrogen-bond donors (Lipinski definition) is 0. The molecule has 3 aromatic rings. The Kier molecular flexibility index (Phi) is 5.76. The zero-order valence-corrected chi connectivity index (χ0v) is 18.6. The number of nitrogens with zero attached hydrogens (tertiary/aromatic N) is 3. The third kappa shape index (κ3) is 3.35. The van der Waals surface area contributed by atoms with E-state index in [1.807, 2.05) is 54.6 Å². The number of carbonyl (C=O) groups is 1. The fourth-order valence-electron chi connectivity index (χ4n) is 3.86. The zero-order valence-electron chi connectivity index (χ0n) is 16.4. The first-order chi connectivity index (χ1) is 14.6. The average Bonchev–Trinajstić information content (AvgIpc) is 3.20. The summed E-state index contributed by atoms with van der Waals surface area (Å²) in [7, 11) is 0. The second-order valence-corrected chi connectivity index (χ2v) is 8.30. The molecule has 0 aliphatic carbocycles. The van der Waals surface area contributed by atoms with Gasteiger partial charge in [-0.25, -0.2) is 9.79 Å². The Labute approximate surface area is 189 Å². The van der Waals surface area contributed by atoms with Gasteiger partial charge >= 0.3 is 5.97 Å². The summed E-state index contributed by atoms with van der Waals surface area (Å²) < 4.78 is 4.01. The van der Waals surface area contributed by atoms with Gasteiger partial charge in [0.05, 0.1) is 6.61 Å². The molecule has 0 N–H and O–H groups in total. The molecule has 6 heteroatoms. The lowest BCUT2D eigenvalue weighted by Gasteiger charge is -2.42. The Morgan fingerprint density at radius 3 is 1.70 bits per heavy atom. The maximum atomic E-state index is 12.4. The van der Waals surface area contributed by atoms with Crippen molar-refractivity contribution in [3.63, 3.8) is 0 Å². The summed E-state index contributed by atoms with van der Waals surface area (Å²) >= 11 is 2.21. The normalized spacial score (nSPS) is 18.1. The second kappa shape index (κ2) is 8.47. The van der Waals surface area contributed by atoms with E-state index in [-0.39, 0.29) is 12.4 Å². The van der Waals surface area contributed by atoms with Crippen molar-refractivity contribution in [3.8, 4) is 0 Å². The molecule has 0 aromatic heterocycles. The van der Waals surface area contributed by atoms with Crippen molar-refractivity contribution in [2.45, 2.75) is 16.0 Å². The molecule has 0 bridgehead atoms. The smallest absolute Gasteiger partial charge is 0.377 e. The van der Waals surface area contributed by atoms with Crippen molar-refractivity contribution >= 4 is 34.4 Å². The van der Waals surface area contributed by atoms with E-state index in [0.29, 0.717) is 0 Å². The van der Waals surface area contributed by atoms with E-state index >= 15 is 0 Å². The van der Waals surface area contributed by atoms with Gasteiger partial charge in [-0.15, -0.1) is 10.2 Å². The molecule has 4 rings (SSSR count). The first-order valence-electron chi connectivity index (χ1n) is 9.67. The molecular formula is C24H20IN3O2.